The van der Waals surface area contributed by atoms with E-state index in [1.807, 2.05) is 0 Å². The number of hydrogen-bond donors (Lipinski definition) is 2. The molecule has 5 nitrogen and oxygen atoms in total. The van der Waals surface area contributed by atoms with Crippen LogP contribution >= 0.6 is 0 Å². The minimum atomic E-state index is -0.886. The molecular weight excluding hydrogens is 258 g/mol. The first kappa shape index (κ1) is 15.2. The number of methoxy groups -OCH3 is 2. The predicted octanol–water partition coefficient (Wildman–Crippen LogP) is 2.13. The first-order valence-corrected chi connectivity index (χ1v) is 5.57. The van der Waals surface area contributed by atoms with E-state index in [9.17, 15) is 13.6 Å². The highest BCUT2D eigenvalue weighted by molar-refractivity contribution is 5.89. The van der Waals surface area contributed by atoms with Crippen LogP contribution < -0.4 is 15.4 Å². The molecule has 0 bridgehead atoms. The number of ether oxygens (including phenoxy) is 2. The molecule has 0 aliphatic rings. The summed E-state index contributed by atoms with van der Waals surface area (Å²) in [5.74, 6) is -2.26. The van der Waals surface area contributed by atoms with E-state index in [0.29, 0.717) is 6.61 Å². The van der Waals surface area contributed by atoms with Crippen molar-refractivity contribution in [2.45, 2.75) is 13.0 Å². The number of urea groups is 1. The molecule has 106 valence electrons. The smallest absolute Gasteiger partial charge is 0.319 e. The summed E-state index contributed by atoms with van der Waals surface area (Å²) in [5, 5.41) is 4.87. The summed E-state index contributed by atoms with van der Waals surface area (Å²) < 4.78 is 36.2. The Labute approximate surface area is 109 Å². The van der Waals surface area contributed by atoms with Crippen molar-refractivity contribution >= 4 is 11.7 Å². The molecule has 0 heterocycles. The zero-order valence-electron chi connectivity index (χ0n) is 10.9. The minimum absolute atomic E-state index is 0.00193. The zero-order valence-corrected chi connectivity index (χ0v) is 10.9. The Kier molecular flexibility index (Phi) is 5.50. The van der Waals surface area contributed by atoms with Crippen molar-refractivity contribution in [1.82, 2.24) is 5.32 Å². The number of nitrogens with one attached hydrogen (secondary N) is 2. The average molecular weight is 274 g/mol. The summed E-state index contributed by atoms with van der Waals surface area (Å²) in [6.07, 6.45) is 0. The molecule has 0 spiro atoms. The standard InChI is InChI=1S/C12H16F2N2O3/c1-7(6-18-2)15-12(17)16-8-4-9(13)11(19-3)10(14)5-8/h4-5,7H,6H2,1-3H3,(H2,15,16,17). The Hall–Kier alpha value is -1.89. The van der Waals surface area contributed by atoms with E-state index >= 15 is 0 Å². The maximum Gasteiger partial charge on any atom is 0.319 e. The van der Waals surface area contributed by atoms with Crippen LogP contribution in [0.15, 0.2) is 12.1 Å². The molecule has 0 radical (unpaired) electrons. The molecule has 7 heteroatoms. The molecule has 2 amide bonds. The van der Waals surface area contributed by atoms with Crippen LogP contribution in [-0.2, 0) is 4.74 Å². The summed E-state index contributed by atoms with van der Waals surface area (Å²) in [6.45, 7) is 2.07. The molecule has 1 aromatic carbocycles. The van der Waals surface area contributed by atoms with Gasteiger partial charge in [0.05, 0.1) is 19.8 Å². The quantitative estimate of drug-likeness (QED) is 0.864. The highest BCUT2D eigenvalue weighted by Crippen LogP contribution is 2.25. The van der Waals surface area contributed by atoms with Gasteiger partial charge in [0.2, 0.25) is 0 Å². The maximum absolute atomic E-state index is 13.4. The van der Waals surface area contributed by atoms with Gasteiger partial charge >= 0.3 is 6.03 Å². The van der Waals surface area contributed by atoms with Crippen molar-refractivity contribution in [3.63, 3.8) is 0 Å². The highest BCUT2D eigenvalue weighted by Gasteiger charge is 2.13. The van der Waals surface area contributed by atoms with Crippen LogP contribution in [0.2, 0.25) is 0 Å². The molecule has 0 aliphatic heterocycles. The van der Waals surface area contributed by atoms with Crippen molar-refractivity contribution in [2.75, 3.05) is 26.1 Å². The number of anilines is 1. The van der Waals surface area contributed by atoms with Crippen LogP contribution in [0.5, 0.6) is 5.75 Å². The second kappa shape index (κ2) is 6.89. The zero-order chi connectivity index (χ0) is 14.4. The number of amides is 2. The van der Waals surface area contributed by atoms with Crippen molar-refractivity contribution in [3.8, 4) is 5.75 Å². The molecular formula is C12H16F2N2O3. The highest BCUT2D eigenvalue weighted by atomic mass is 19.1. The molecule has 0 aliphatic carbocycles. The number of carbonyl (C=O) groups excluding carboxylic acids is 1. The normalized spacial score (nSPS) is 11.8. The molecule has 1 atom stereocenters. The monoisotopic (exact) mass is 274 g/mol. The number of halogens is 2. The molecule has 0 saturated heterocycles. The third kappa shape index (κ3) is 4.36. The van der Waals surface area contributed by atoms with Gasteiger partial charge in [-0.3, -0.25) is 0 Å². The van der Waals surface area contributed by atoms with Crippen LogP contribution in [0.3, 0.4) is 0 Å². The molecule has 0 aromatic heterocycles. The topological polar surface area (TPSA) is 59.6 Å². The fraction of sp³-hybridized carbons (Fsp3) is 0.417. The van der Waals surface area contributed by atoms with Crippen LogP contribution in [0.1, 0.15) is 6.92 Å². The van der Waals surface area contributed by atoms with Gasteiger partial charge in [0, 0.05) is 24.9 Å². The van der Waals surface area contributed by atoms with E-state index in [2.05, 4.69) is 15.4 Å². The van der Waals surface area contributed by atoms with Crippen LogP contribution in [0, 0.1) is 11.6 Å². The number of benzene rings is 1. The number of rotatable bonds is 5. The lowest BCUT2D eigenvalue weighted by Crippen LogP contribution is -2.38. The lowest BCUT2D eigenvalue weighted by atomic mass is 10.2. The van der Waals surface area contributed by atoms with Crippen LogP contribution in [0.4, 0.5) is 19.3 Å². The number of hydrogen-bond acceptors (Lipinski definition) is 3. The van der Waals surface area contributed by atoms with E-state index in [1.165, 1.54) is 7.11 Å². The Morgan fingerprint density at radius 1 is 1.32 bits per heavy atom. The molecule has 1 rings (SSSR count). The first-order chi connectivity index (χ1) is 8.97. The van der Waals surface area contributed by atoms with E-state index in [1.54, 1.807) is 6.92 Å². The molecule has 19 heavy (non-hydrogen) atoms. The second-order valence-electron chi connectivity index (χ2n) is 3.93. The Morgan fingerprint density at radius 2 is 1.89 bits per heavy atom. The van der Waals surface area contributed by atoms with E-state index in [4.69, 9.17) is 4.74 Å². The average Bonchev–Trinajstić information content (AvgIpc) is 2.28. The van der Waals surface area contributed by atoms with Crippen LogP contribution in [-0.4, -0.2) is 32.9 Å². The van der Waals surface area contributed by atoms with Crippen molar-refractivity contribution in [3.05, 3.63) is 23.8 Å². The molecule has 2 N–H and O–H groups in total. The van der Waals surface area contributed by atoms with Gasteiger partial charge in [0.15, 0.2) is 17.4 Å². The van der Waals surface area contributed by atoms with Crippen molar-refractivity contribution in [1.29, 1.82) is 0 Å². The largest absolute Gasteiger partial charge is 0.491 e. The summed E-state index contributed by atoms with van der Waals surface area (Å²) >= 11 is 0. The van der Waals surface area contributed by atoms with E-state index in [-0.39, 0.29) is 11.7 Å². The van der Waals surface area contributed by atoms with Gasteiger partial charge < -0.3 is 20.1 Å². The van der Waals surface area contributed by atoms with Gasteiger partial charge in [0.25, 0.3) is 0 Å². The maximum atomic E-state index is 13.4. The van der Waals surface area contributed by atoms with Crippen molar-refractivity contribution < 1.29 is 23.0 Å². The van der Waals surface area contributed by atoms with E-state index < -0.39 is 23.4 Å². The van der Waals surface area contributed by atoms with Gasteiger partial charge in [-0.15, -0.1) is 0 Å². The fourth-order valence-electron chi connectivity index (χ4n) is 1.51. The lowest BCUT2D eigenvalue weighted by Gasteiger charge is -2.14. The SMILES string of the molecule is COCC(C)NC(=O)Nc1cc(F)c(OC)c(F)c1. The summed E-state index contributed by atoms with van der Waals surface area (Å²) in [5.41, 5.74) is -0.00193. The van der Waals surface area contributed by atoms with E-state index in [0.717, 1.165) is 19.2 Å². The summed E-state index contributed by atoms with van der Waals surface area (Å²) in [6, 6.07) is 1.15. The van der Waals surface area contributed by atoms with Gasteiger partial charge in [-0.25, -0.2) is 13.6 Å². The second-order valence-corrected chi connectivity index (χ2v) is 3.93. The van der Waals surface area contributed by atoms with Gasteiger partial charge in [0.1, 0.15) is 0 Å². The third-order valence-corrected chi connectivity index (χ3v) is 2.25. The van der Waals surface area contributed by atoms with Gasteiger partial charge in [-0.05, 0) is 6.92 Å². The molecule has 1 aromatic rings. The molecule has 0 fully saturated rings. The summed E-state index contributed by atoms with van der Waals surface area (Å²) in [4.78, 5) is 11.5. The third-order valence-electron chi connectivity index (χ3n) is 2.25. The lowest BCUT2D eigenvalue weighted by molar-refractivity contribution is 0.173. The Morgan fingerprint density at radius 3 is 2.37 bits per heavy atom. The Bertz CT molecular complexity index is 432. The Balaban J connectivity index is 2.70. The first-order valence-electron chi connectivity index (χ1n) is 5.57. The fourth-order valence-corrected chi connectivity index (χ4v) is 1.51. The van der Waals surface area contributed by atoms with Gasteiger partial charge in [-0.1, -0.05) is 0 Å². The predicted molar refractivity (Wildman–Crippen MR) is 66.4 cm³/mol. The molecule has 1 unspecified atom stereocenters. The molecule has 0 saturated carbocycles. The van der Waals surface area contributed by atoms with Crippen molar-refractivity contribution in [2.24, 2.45) is 0 Å². The minimum Gasteiger partial charge on any atom is -0.491 e. The van der Waals surface area contributed by atoms with Gasteiger partial charge in [-0.2, -0.15) is 0 Å². The number of carbonyl (C=O) groups is 1. The summed E-state index contributed by atoms with van der Waals surface area (Å²) in [7, 11) is 2.66. The van der Waals surface area contributed by atoms with Crippen LogP contribution in [0.25, 0.3) is 0 Å².